The summed E-state index contributed by atoms with van der Waals surface area (Å²) in [6.07, 6.45) is 0.783. The van der Waals surface area contributed by atoms with Crippen molar-refractivity contribution >= 4 is 34.4 Å². The van der Waals surface area contributed by atoms with Crippen LogP contribution in [0, 0.1) is 0 Å². The van der Waals surface area contributed by atoms with Gasteiger partial charge in [-0.3, -0.25) is 0 Å². The minimum atomic E-state index is -0.472. The molecule has 0 saturated carbocycles. The van der Waals surface area contributed by atoms with Crippen molar-refractivity contribution < 1.29 is 0 Å². The van der Waals surface area contributed by atoms with Gasteiger partial charge in [0, 0.05) is 16.2 Å². The summed E-state index contributed by atoms with van der Waals surface area (Å²) in [5.74, 6) is 0. The number of halogens is 1. The van der Waals surface area contributed by atoms with E-state index in [4.69, 9.17) is 11.6 Å². The molecule has 0 fully saturated rings. The van der Waals surface area contributed by atoms with Crippen LogP contribution >= 0.6 is 23.4 Å². The van der Waals surface area contributed by atoms with Crippen LogP contribution < -0.4 is 0 Å². The lowest BCUT2D eigenvalue weighted by Gasteiger charge is -2.39. The lowest BCUT2D eigenvalue weighted by atomic mass is 9.97. The average molecular weight is 422 g/mol. The number of aromatic nitrogens is 3. The fourth-order valence-electron chi connectivity index (χ4n) is 3.66. The predicted octanol–water partition coefficient (Wildman–Crippen LogP) is 6.56. The van der Waals surface area contributed by atoms with Crippen LogP contribution in [-0.2, 0) is 11.3 Å². The molecule has 1 atom stereocenters. The topological polar surface area (TPSA) is 30.7 Å². The van der Waals surface area contributed by atoms with Crippen LogP contribution in [0.25, 0.3) is 11.0 Å². The second kappa shape index (κ2) is 7.85. The van der Waals surface area contributed by atoms with E-state index in [0.29, 0.717) is 0 Å². The van der Waals surface area contributed by atoms with Gasteiger partial charge in [0.2, 0.25) is 0 Å². The summed E-state index contributed by atoms with van der Waals surface area (Å²) in [6, 6.07) is 26.9. The number of fused-ring (bicyclic) bond motifs is 1. The summed E-state index contributed by atoms with van der Waals surface area (Å²) in [7, 11) is 0. The Kier molecular flexibility index (Phi) is 5.41. The highest BCUT2D eigenvalue weighted by atomic mass is 35.5. The Bertz CT molecular complexity index is 1100. The molecule has 1 unspecified atom stereocenters. The fraction of sp³-hybridized carbons (Fsp3) is 0.250. The van der Waals surface area contributed by atoms with E-state index in [-0.39, 0.29) is 4.75 Å². The van der Waals surface area contributed by atoms with Crippen molar-refractivity contribution in [2.75, 3.05) is 0 Å². The summed E-state index contributed by atoms with van der Waals surface area (Å²) >= 11 is 8.13. The average Bonchev–Trinajstić information content (AvgIpc) is 3.12. The zero-order valence-electron chi connectivity index (χ0n) is 16.8. The number of benzene rings is 3. The maximum atomic E-state index is 6.23. The highest BCUT2D eigenvalue weighted by Crippen LogP contribution is 2.48. The van der Waals surface area contributed by atoms with Crippen molar-refractivity contribution in [3.05, 3.63) is 95.0 Å². The molecule has 0 radical (unpaired) electrons. The number of hydrogen-bond acceptors (Lipinski definition) is 3. The normalized spacial score (nSPS) is 14.1. The Balaban J connectivity index is 2.00. The van der Waals surface area contributed by atoms with Crippen molar-refractivity contribution in [2.24, 2.45) is 0 Å². The summed E-state index contributed by atoms with van der Waals surface area (Å²) in [5, 5.41) is 9.86. The van der Waals surface area contributed by atoms with E-state index in [1.54, 1.807) is 0 Å². The van der Waals surface area contributed by atoms with Gasteiger partial charge < -0.3 is 0 Å². The molecule has 0 N–H and O–H groups in total. The molecule has 148 valence electrons. The quantitative estimate of drug-likeness (QED) is 0.365. The van der Waals surface area contributed by atoms with Gasteiger partial charge in [-0.05, 0) is 35.4 Å². The zero-order valence-corrected chi connectivity index (χ0v) is 18.4. The highest BCUT2D eigenvalue weighted by molar-refractivity contribution is 8.01. The molecule has 0 aliphatic carbocycles. The zero-order chi connectivity index (χ0) is 20.5. The van der Waals surface area contributed by atoms with Gasteiger partial charge in [-0.1, -0.05) is 92.2 Å². The van der Waals surface area contributed by atoms with Crippen LogP contribution in [-0.4, -0.2) is 19.7 Å². The van der Waals surface area contributed by atoms with Gasteiger partial charge in [0.1, 0.15) is 10.4 Å². The van der Waals surface area contributed by atoms with Crippen LogP contribution in [0.15, 0.2) is 78.9 Å². The van der Waals surface area contributed by atoms with Gasteiger partial charge >= 0.3 is 0 Å². The first kappa shape index (κ1) is 20.0. The Morgan fingerprint density at radius 2 is 1.52 bits per heavy atom. The van der Waals surface area contributed by atoms with Crippen LogP contribution in [0.1, 0.15) is 31.9 Å². The molecule has 0 spiro atoms. The van der Waals surface area contributed by atoms with E-state index in [2.05, 4.69) is 84.3 Å². The third kappa shape index (κ3) is 4.19. The molecule has 1 aromatic heterocycles. The molecular formula is C24H24ClN3S. The third-order valence-electron chi connectivity index (χ3n) is 4.75. The Morgan fingerprint density at radius 1 is 0.862 bits per heavy atom. The molecule has 0 aliphatic heterocycles. The Hall–Kier alpha value is -2.30. The summed E-state index contributed by atoms with van der Waals surface area (Å²) in [4.78, 5) is -0.472. The first-order valence-corrected chi connectivity index (χ1v) is 10.9. The number of rotatable bonds is 5. The van der Waals surface area contributed by atoms with E-state index >= 15 is 0 Å². The molecule has 4 aromatic rings. The Morgan fingerprint density at radius 3 is 2.21 bits per heavy atom. The smallest absolute Gasteiger partial charge is 0.140 e. The van der Waals surface area contributed by atoms with Gasteiger partial charge in [-0.15, -0.1) is 16.9 Å². The van der Waals surface area contributed by atoms with E-state index in [0.717, 1.165) is 28.0 Å². The first-order chi connectivity index (χ1) is 13.9. The van der Waals surface area contributed by atoms with Crippen LogP contribution in [0.2, 0.25) is 5.02 Å². The first-order valence-electron chi connectivity index (χ1n) is 9.68. The molecule has 5 heteroatoms. The van der Waals surface area contributed by atoms with Gasteiger partial charge in [0.05, 0.1) is 5.52 Å². The van der Waals surface area contributed by atoms with Gasteiger partial charge in [0.15, 0.2) is 0 Å². The number of hydrogen-bond donors (Lipinski definition) is 0. The monoisotopic (exact) mass is 421 g/mol. The largest absolute Gasteiger partial charge is 0.224 e. The maximum Gasteiger partial charge on any atom is 0.140 e. The number of thioether (sulfide) groups is 1. The Labute approximate surface area is 181 Å². The van der Waals surface area contributed by atoms with Gasteiger partial charge in [-0.2, -0.15) is 0 Å². The number of nitrogens with zero attached hydrogens (tertiary/aromatic N) is 3. The van der Waals surface area contributed by atoms with E-state index in [1.807, 2.05) is 42.1 Å². The van der Waals surface area contributed by atoms with E-state index < -0.39 is 4.87 Å². The second-order valence-corrected chi connectivity index (χ2v) is 10.7. The van der Waals surface area contributed by atoms with Crippen molar-refractivity contribution in [1.29, 1.82) is 0 Å². The molecular weight excluding hydrogens is 398 g/mol. The van der Waals surface area contributed by atoms with Crippen LogP contribution in [0.5, 0.6) is 0 Å². The molecule has 0 saturated heterocycles. The van der Waals surface area contributed by atoms with Crippen molar-refractivity contribution in [3.8, 4) is 0 Å². The van der Waals surface area contributed by atoms with Gasteiger partial charge in [-0.25, -0.2) is 4.68 Å². The molecule has 3 nitrogen and oxygen atoms in total. The predicted molar refractivity (Wildman–Crippen MR) is 124 cm³/mol. The van der Waals surface area contributed by atoms with E-state index in [1.165, 1.54) is 5.56 Å². The number of para-hydroxylation sites is 1. The molecule has 0 bridgehead atoms. The third-order valence-corrected chi connectivity index (χ3v) is 6.51. The molecule has 29 heavy (non-hydrogen) atoms. The highest BCUT2D eigenvalue weighted by Gasteiger charge is 2.41. The molecule has 0 amide bonds. The maximum absolute atomic E-state index is 6.23. The minimum Gasteiger partial charge on any atom is -0.224 e. The molecule has 1 heterocycles. The summed E-state index contributed by atoms with van der Waals surface area (Å²) in [5.41, 5.74) is 4.32. The second-order valence-electron chi connectivity index (χ2n) is 8.16. The lowest BCUT2D eigenvalue weighted by Crippen LogP contribution is -2.38. The van der Waals surface area contributed by atoms with E-state index in [9.17, 15) is 0 Å². The van der Waals surface area contributed by atoms with Crippen molar-refractivity contribution in [3.63, 3.8) is 0 Å². The lowest BCUT2D eigenvalue weighted by molar-refractivity contribution is 0.462. The molecule has 0 aliphatic rings. The van der Waals surface area contributed by atoms with Gasteiger partial charge in [0.25, 0.3) is 0 Å². The summed E-state index contributed by atoms with van der Waals surface area (Å²) in [6.45, 7) is 6.73. The SMILES string of the molecule is CC(C)(C)SC(Cc1ccccc1)(c1ccc(Cl)cc1)n1nnc2ccccc21. The minimum absolute atomic E-state index is 0.0124. The van der Waals surface area contributed by atoms with Crippen molar-refractivity contribution in [2.45, 2.75) is 36.8 Å². The standard InChI is InChI=1S/C24H24ClN3S/c1-23(2,3)29-24(17-18-9-5-4-6-10-18,19-13-15-20(25)16-14-19)28-22-12-8-7-11-21(22)26-27-28/h4-16H,17H2,1-3H3. The van der Waals surface area contributed by atoms with Crippen LogP contribution in [0.4, 0.5) is 0 Å². The van der Waals surface area contributed by atoms with Crippen molar-refractivity contribution in [1.82, 2.24) is 15.0 Å². The summed E-state index contributed by atoms with van der Waals surface area (Å²) < 4.78 is 2.08. The fourth-order valence-corrected chi connectivity index (χ4v) is 5.52. The van der Waals surface area contributed by atoms with Crippen LogP contribution in [0.3, 0.4) is 0 Å². The molecule has 3 aromatic carbocycles. The molecule has 4 rings (SSSR count).